The molecule has 4 aromatic rings. The molecule has 0 atom stereocenters. The minimum absolute atomic E-state index is 0.127. The number of Topliss-reactive ketones (excluding diaryl/α,β-unsaturated/α-hetero) is 1. The molecule has 0 N–H and O–H groups in total. The Morgan fingerprint density at radius 1 is 1.03 bits per heavy atom. The van der Waals surface area contributed by atoms with Crippen LogP contribution in [0.4, 0.5) is 0 Å². The lowest BCUT2D eigenvalue weighted by Gasteiger charge is -2.16. The van der Waals surface area contributed by atoms with Crippen LogP contribution in [0.15, 0.2) is 53.6 Å². The molecule has 0 bridgehead atoms. The third kappa shape index (κ3) is 3.77. The average Bonchev–Trinajstić information content (AvgIpc) is 3.19. The summed E-state index contributed by atoms with van der Waals surface area (Å²) in [6, 6.07) is 16.2. The van der Waals surface area contributed by atoms with Crippen LogP contribution in [0.3, 0.4) is 0 Å². The molecule has 0 amide bonds. The molecule has 0 fully saturated rings. The van der Waals surface area contributed by atoms with Crippen LogP contribution in [0.5, 0.6) is 0 Å². The number of fused-ring (bicyclic) bond motifs is 2. The summed E-state index contributed by atoms with van der Waals surface area (Å²) >= 11 is 3.05. The summed E-state index contributed by atoms with van der Waals surface area (Å²) in [6.45, 7) is 1.99. The molecule has 5 rings (SSSR count). The molecule has 0 saturated carbocycles. The Labute approximate surface area is 183 Å². The van der Waals surface area contributed by atoms with E-state index in [1.54, 1.807) is 11.3 Å². The first kappa shape index (κ1) is 19.4. The zero-order valence-electron chi connectivity index (χ0n) is 16.7. The van der Waals surface area contributed by atoms with E-state index in [-0.39, 0.29) is 5.78 Å². The smallest absolute Gasteiger partial charge is 0.173 e. The molecular formula is C24H21N3OS2. The number of hydrogen-bond donors (Lipinski definition) is 0. The number of aromatic nitrogens is 3. The zero-order valence-corrected chi connectivity index (χ0v) is 18.4. The van der Waals surface area contributed by atoms with Gasteiger partial charge in [0, 0.05) is 11.1 Å². The maximum absolute atomic E-state index is 12.8. The molecule has 30 heavy (non-hydrogen) atoms. The predicted molar refractivity (Wildman–Crippen MR) is 124 cm³/mol. The van der Waals surface area contributed by atoms with Crippen molar-refractivity contribution >= 4 is 39.1 Å². The number of benzene rings is 2. The van der Waals surface area contributed by atoms with Crippen LogP contribution < -0.4 is 0 Å². The van der Waals surface area contributed by atoms with Crippen LogP contribution >= 0.6 is 23.1 Å². The van der Waals surface area contributed by atoms with E-state index < -0.39 is 0 Å². The molecule has 0 aliphatic heterocycles. The molecule has 6 heteroatoms. The van der Waals surface area contributed by atoms with Crippen LogP contribution in [-0.4, -0.2) is 26.7 Å². The minimum Gasteiger partial charge on any atom is -0.293 e. The largest absolute Gasteiger partial charge is 0.293 e. The summed E-state index contributed by atoms with van der Waals surface area (Å²) in [5, 5.41) is 10.6. The van der Waals surface area contributed by atoms with Gasteiger partial charge in [0.15, 0.2) is 5.78 Å². The second-order valence-electron chi connectivity index (χ2n) is 7.53. The average molecular weight is 432 g/mol. The first-order chi connectivity index (χ1) is 14.7. The summed E-state index contributed by atoms with van der Waals surface area (Å²) in [5.41, 5.74) is 6.24. The predicted octanol–water partition coefficient (Wildman–Crippen LogP) is 5.92. The van der Waals surface area contributed by atoms with Gasteiger partial charge >= 0.3 is 0 Å². The topological polar surface area (TPSA) is 55.7 Å². The quantitative estimate of drug-likeness (QED) is 0.290. The third-order valence-corrected chi connectivity index (χ3v) is 7.38. The molecule has 0 unspecified atom stereocenters. The molecule has 1 aliphatic carbocycles. The van der Waals surface area contributed by atoms with Gasteiger partial charge in [-0.3, -0.25) is 4.79 Å². The molecule has 0 radical (unpaired) electrons. The Hall–Kier alpha value is -2.57. The summed E-state index contributed by atoms with van der Waals surface area (Å²) in [6.07, 6.45) is 4.67. The van der Waals surface area contributed by atoms with E-state index in [1.807, 2.05) is 43.3 Å². The fraction of sp³-hybridized carbons (Fsp3) is 0.250. The Balaban J connectivity index is 1.40. The van der Waals surface area contributed by atoms with Crippen LogP contribution in [0.25, 0.3) is 21.5 Å². The van der Waals surface area contributed by atoms with Crippen molar-refractivity contribution in [2.45, 2.75) is 37.6 Å². The van der Waals surface area contributed by atoms with Crippen molar-refractivity contribution in [2.75, 3.05) is 5.75 Å². The maximum atomic E-state index is 12.8. The number of carbonyl (C=O) groups is 1. The monoisotopic (exact) mass is 431 g/mol. The van der Waals surface area contributed by atoms with E-state index in [9.17, 15) is 4.79 Å². The molecule has 150 valence electrons. The standard InChI is InChI=1S/C24H21N3OS2/c1-15-25-22-23(30-15)21(17-8-3-2-4-9-17)26-27-24(22)29-14-20(28)19-12-11-16-7-5-6-10-18(16)13-19/h2-4,8-9,11-13H,5-7,10,14H2,1H3. The van der Waals surface area contributed by atoms with Crippen molar-refractivity contribution in [3.05, 3.63) is 70.2 Å². The molecule has 0 spiro atoms. The normalized spacial score (nSPS) is 13.4. The lowest BCUT2D eigenvalue weighted by molar-refractivity contribution is 0.102. The molecule has 2 aromatic heterocycles. The first-order valence-corrected chi connectivity index (χ1v) is 12.0. The van der Waals surface area contributed by atoms with Gasteiger partial charge in [-0.25, -0.2) is 4.98 Å². The SMILES string of the molecule is Cc1nc2c(SCC(=O)c3ccc4c(c3)CCCC4)nnc(-c3ccccc3)c2s1. The van der Waals surface area contributed by atoms with Crippen molar-refractivity contribution in [1.82, 2.24) is 15.2 Å². The van der Waals surface area contributed by atoms with E-state index >= 15 is 0 Å². The van der Waals surface area contributed by atoms with E-state index in [2.05, 4.69) is 22.3 Å². The van der Waals surface area contributed by atoms with Crippen molar-refractivity contribution in [1.29, 1.82) is 0 Å². The van der Waals surface area contributed by atoms with Gasteiger partial charge in [0.1, 0.15) is 16.2 Å². The number of aryl methyl sites for hydroxylation is 3. The van der Waals surface area contributed by atoms with Crippen molar-refractivity contribution in [2.24, 2.45) is 0 Å². The molecule has 4 nitrogen and oxygen atoms in total. The van der Waals surface area contributed by atoms with Crippen LogP contribution in [0, 0.1) is 6.92 Å². The van der Waals surface area contributed by atoms with Crippen LogP contribution in [-0.2, 0) is 12.8 Å². The Bertz CT molecular complexity index is 1230. The Morgan fingerprint density at radius 2 is 1.83 bits per heavy atom. The highest BCUT2D eigenvalue weighted by molar-refractivity contribution is 8.00. The highest BCUT2D eigenvalue weighted by Gasteiger charge is 2.18. The molecule has 0 saturated heterocycles. The fourth-order valence-electron chi connectivity index (χ4n) is 3.93. The highest BCUT2D eigenvalue weighted by Crippen LogP contribution is 2.35. The second-order valence-corrected chi connectivity index (χ2v) is 9.70. The highest BCUT2D eigenvalue weighted by atomic mass is 32.2. The zero-order chi connectivity index (χ0) is 20.5. The third-order valence-electron chi connectivity index (χ3n) is 5.45. The van der Waals surface area contributed by atoms with Gasteiger partial charge in [-0.2, -0.15) is 0 Å². The molecule has 1 aliphatic rings. The molecule has 2 aromatic carbocycles. The van der Waals surface area contributed by atoms with Crippen molar-refractivity contribution in [3.8, 4) is 11.3 Å². The summed E-state index contributed by atoms with van der Waals surface area (Å²) in [4.78, 5) is 17.5. The van der Waals surface area contributed by atoms with Crippen LogP contribution in [0.1, 0.15) is 39.3 Å². The Morgan fingerprint density at radius 3 is 2.67 bits per heavy atom. The number of ketones is 1. The van der Waals surface area contributed by atoms with Crippen molar-refractivity contribution in [3.63, 3.8) is 0 Å². The van der Waals surface area contributed by atoms with E-state index in [4.69, 9.17) is 4.98 Å². The van der Waals surface area contributed by atoms with Crippen molar-refractivity contribution < 1.29 is 4.79 Å². The van der Waals surface area contributed by atoms with Gasteiger partial charge in [0.05, 0.1) is 15.5 Å². The van der Waals surface area contributed by atoms with Gasteiger partial charge < -0.3 is 0 Å². The fourth-order valence-corrected chi connectivity index (χ4v) is 5.74. The van der Waals surface area contributed by atoms with Gasteiger partial charge in [-0.05, 0) is 49.8 Å². The lowest BCUT2D eigenvalue weighted by atomic mass is 9.90. The Kier molecular flexibility index (Phi) is 5.35. The molecular weight excluding hydrogens is 410 g/mol. The maximum Gasteiger partial charge on any atom is 0.173 e. The van der Waals surface area contributed by atoms with Gasteiger partial charge in [0.25, 0.3) is 0 Å². The number of nitrogens with zero attached hydrogens (tertiary/aromatic N) is 3. The first-order valence-electron chi connectivity index (χ1n) is 10.2. The lowest BCUT2D eigenvalue weighted by Crippen LogP contribution is -2.08. The second kappa shape index (κ2) is 8.28. The summed E-state index contributed by atoms with van der Waals surface area (Å²) in [5.74, 6) is 0.464. The van der Waals surface area contributed by atoms with E-state index in [0.29, 0.717) is 5.75 Å². The van der Waals surface area contributed by atoms with Gasteiger partial charge in [-0.1, -0.05) is 54.2 Å². The number of hydrogen-bond acceptors (Lipinski definition) is 6. The summed E-state index contributed by atoms with van der Waals surface area (Å²) in [7, 11) is 0. The number of rotatable bonds is 5. The minimum atomic E-state index is 0.127. The molecule has 2 heterocycles. The van der Waals surface area contributed by atoms with E-state index in [0.717, 1.165) is 49.9 Å². The number of thiazole rings is 1. The van der Waals surface area contributed by atoms with Gasteiger partial charge in [0.2, 0.25) is 0 Å². The van der Waals surface area contributed by atoms with E-state index in [1.165, 1.54) is 35.7 Å². The number of thioether (sulfide) groups is 1. The summed E-state index contributed by atoms with van der Waals surface area (Å²) < 4.78 is 1.03. The number of carbonyl (C=O) groups excluding carboxylic acids is 1. The van der Waals surface area contributed by atoms with Crippen LogP contribution in [0.2, 0.25) is 0 Å². The van der Waals surface area contributed by atoms with Gasteiger partial charge in [-0.15, -0.1) is 21.5 Å².